The van der Waals surface area contributed by atoms with Gasteiger partial charge >= 0.3 is 0 Å². The molecule has 8 nitrogen and oxygen atoms in total. The molecule has 3 aliphatic rings. The molecule has 41 heavy (non-hydrogen) atoms. The summed E-state index contributed by atoms with van der Waals surface area (Å²) in [6.45, 7) is 3.97. The number of carbonyl (C=O) groups is 1. The van der Waals surface area contributed by atoms with Crippen molar-refractivity contribution in [2.45, 2.75) is 77.0 Å². The van der Waals surface area contributed by atoms with Crippen molar-refractivity contribution >= 4 is 12.0 Å². The van der Waals surface area contributed by atoms with Gasteiger partial charge in [0.15, 0.2) is 18.2 Å². The molecule has 0 bridgehead atoms. The number of aliphatic hydroxyl groups excluding tert-OH is 1. The van der Waals surface area contributed by atoms with Crippen LogP contribution in [-0.4, -0.2) is 53.0 Å². The summed E-state index contributed by atoms with van der Waals surface area (Å²) in [5.74, 6) is 0.515. The lowest BCUT2D eigenvalue weighted by Crippen LogP contribution is -2.35. The van der Waals surface area contributed by atoms with Gasteiger partial charge < -0.3 is 25.6 Å². The Kier molecular flexibility index (Phi) is 9.54. The minimum absolute atomic E-state index is 0.0555. The fraction of sp³-hybridized carbons (Fsp3) is 0.455. The van der Waals surface area contributed by atoms with Crippen LogP contribution in [-0.2, 0) is 24.1 Å². The summed E-state index contributed by atoms with van der Waals surface area (Å²) < 4.78 is 6.00. The van der Waals surface area contributed by atoms with Gasteiger partial charge in [0, 0.05) is 43.9 Å². The van der Waals surface area contributed by atoms with Crippen molar-refractivity contribution in [1.82, 2.24) is 10.2 Å². The minimum Gasteiger partial charge on any atom is -0.504 e. The zero-order valence-electron chi connectivity index (χ0n) is 23.9. The number of ketones is 1. The number of carbonyl (C=O) groups excluding carboxylic acids is 1. The topological polar surface area (TPSA) is 120 Å². The van der Waals surface area contributed by atoms with Crippen molar-refractivity contribution < 1.29 is 19.7 Å². The van der Waals surface area contributed by atoms with Gasteiger partial charge in [-0.25, -0.2) is 0 Å². The Balaban J connectivity index is 1.14. The van der Waals surface area contributed by atoms with Crippen molar-refractivity contribution in [2.24, 2.45) is 10.7 Å². The number of phenolic OH excluding ortho intramolecular Hbond substituents is 1. The Morgan fingerprint density at radius 1 is 1.27 bits per heavy atom. The Morgan fingerprint density at radius 3 is 3.00 bits per heavy atom. The second-order valence-corrected chi connectivity index (χ2v) is 11.3. The van der Waals surface area contributed by atoms with Crippen LogP contribution in [0.3, 0.4) is 0 Å². The zero-order valence-corrected chi connectivity index (χ0v) is 23.9. The Hall–Kier alpha value is -3.46. The van der Waals surface area contributed by atoms with E-state index in [1.54, 1.807) is 12.1 Å². The second kappa shape index (κ2) is 13.5. The summed E-state index contributed by atoms with van der Waals surface area (Å²) in [5.41, 5.74) is 14.4. The van der Waals surface area contributed by atoms with E-state index in [1.807, 2.05) is 18.5 Å². The van der Waals surface area contributed by atoms with Crippen molar-refractivity contribution in [3.63, 3.8) is 0 Å². The molecule has 5 N–H and O–H groups in total. The van der Waals surface area contributed by atoms with E-state index in [2.05, 4.69) is 40.3 Å². The minimum atomic E-state index is -0.560. The number of aliphatic hydroxyl groups is 1. The number of nitrogens with zero attached hydrogens (tertiary/aromatic N) is 2. The van der Waals surface area contributed by atoms with Crippen LogP contribution in [0.2, 0.25) is 0 Å². The third kappa shape index (κ3) is 7.25. The average molecular weight is 559 g/mol. The summed E-state index contributed by atoms with van der Waals surface area (Å²) >= 11 is 0. The number of ether oxygens (including phenoxy) is 1. The molecular formula is C33H42N4O4. The molecule has 2 atom stereocenters. The Morgan fingerprint density at radius 2 is 2.15 bits per heavy atom. The summed E-state index contributed by atoms with van der Waals surface area (Å²) in [4.78, 5) is 19.1. The molecule has 5 rings (SSSR count). The van der Waals surface area contributed by atoms with E-state index in [0.29, 0.717) is 31.6 Å². The van der Waals surface area contributed by atoms with Crippen LogP contribution >= 0.6 is 0 Å². The lowest BCUT2D eigenvalue weighted by molar-refractivity contribution is -0.121. The Labute approximate surface area is 242 Å². The summed E-state index contributed by atoms with van der Waals surface area (Å²) in [6, 6.07) is 11.6. The van der Waals surface area contributed by atoms with Gasteiger partial charge in [-0.15, -0.1) is 0 Å². The number of Topliss-reactive ketones (excluding diaryl/α,β-unsaturated/α-hetero) is 1. The van der Waals surface area contributed by atoms with E-state index in [9.17, 15) is 15.0 Å². The number of aryl methyl sites for hydroxylation is 1. The number of fused-ring (bicyclic) bond motifs is 2. The molecule has 2 aromatic carbocycles. The van der Waals surface area contributed by atoms with Crippen LogP contribution in [0.25, 0.3) is 0 Å². The number of allylic oxidation sites excluding steroid dienone is 1. The second-order valence-electron chi connectivity index (χ2n) is 11.3. The number of hydrogen-bond donors (Lipinski definition) is 4. The molecule has 0 saturated carbocycles. The number of hydrogen-bond acceptors (Lipinski definition) is 8. The molecule has 0 aromatic heterocycles. The first-order valence-corrected chi connectivity index (χ1v) is 14.9. The van der Waals surface area contributed by atoms with Crippen LogP contribution < -0.4 is 15.8 Å². The number of unbranched alkanes of at least 4 members (excludes halogenated alkanes) is 2. The number of nitrogens with two attached hydrogens (primary N) is 1. The van der Waals surface area contributed by atoms with Crippen molar-refractivity contribution in [3.8, 4) is 11.5 Å². The molecule has 2 aromatic rings. The first-order chi connectivity index (χ1) is 19.9. The third-order valence-electron chi connectivity index (χ3n) is 8.19. The fourth-order valence-corrected chi connectivity index (χ4v) is 5.87. The van der Waals surface area contributed by atoms with Crippen LogP contribution in [0.15, 0.2) is 64.4 Å². The molecule has 0 radical (unpaired) electrons. The van der Waals surface area contributed by atoms with E-state index in [1.165, 1.54) is 27.8 Å². The van der Waals surface area contributed by atoms with Crippen LogP contribution in [0, 0.1) is 0 Å². The molecule has 0 saturated heterocycles. The molecular weight excluding hydrogens is 516 g/mol. The van der Waals surface area contributed by atoms with Gasteiger partial charge in [0.2, 0.25) is 0 Å². The summed E-state index contributed by atoms with van der Waals surface area (Å²) in [6.07, 6.45) is 9.98. The van der Waals surface area contributed by atoms with Gasteiger partial charge in [0.05, 0.1) is 18.0 Å². The van der Waals surface area contributed by atoms with Crippen molar-refractivity contribution in [3.05, 3.63) is 81.7 Å². The molecule has 0 unspecified atom stereocenters. The lowest BCUT2D eigenvalue weighted by Gasteiger charge is -2.26. The maximum Gasteiger partial charge on any atom is 0.163 e. The fourth-order valence-electron chi connectivity index (χ4n) is 5.87. The zero-order chi connectivity index (χ0) is 28.8. The Bertz CT molecular complexity index is 1350. The normalized spacial score (nSPS) is 18.4. The predicted molar refractivity (Wildman–Crippen MR) is 161 cm³/mol. The molecule has 0 fully saturated rings. The number of aromatic hydroxyl groups is 1. The maximum atomic E-state index is 12.4. The first kappa shape index (κ1) is 29.0. The number of nitrogens with one attached hydrogen (secondary N) is 1. The predicted octanol–water partition coefficient (Wildman–Crippen LogP) is 4.45. The van der Waals surface area contributed by atoms with Gasteiger partial charge in [-0.3, -0.25) is 15.1 Å². The van der Waals surface area contributed by atoms with Gasteiger partial charge in [0.1, 0.15) is 5.78 Å². The van der Waals surface area contributed by atoms with Crippen molar-refractivity contribution in [1.29, 1.82) is 0 Å². The van der Waals surface area contributed by atoms with Gasteiger partial charge in [-0.05, 0) is 65.6 Å². The maximum absolute atomic E-state index is 12.4. The first-order valence-electron chi connectivity index (χ1n) is 14.9. The van der Waals surface area contributed by atoms with Gasteiger partial charge in [0.25, 0.3) is 0 Å². The molecule has 0 amide bonds. The lowest BCUT2D eigenvalue weighted by atomic mass is 9.90. The molecule has 3 aliphatic heterocycles. The molecule has 3 heterocycles. The quantitative estimate of drug-likeness (QED) is 0.253. The van der Waals surface area contributed by atoms with Crippen molar-refractivity contribution in [2.75, 3.05) is 19.8 Å². The van der Waals surface area contributed by atoms with E-state index < -0.39 is 6.10 Å². The van der Waals surface area contributed by atoms with E-state index in [4.69, 9.17) is 10.5 Å². The van der Waals surface area contributed by atoms with E-state index in [0.717, 1.165) is 49.9 Å². The van der Waals surface area contributed by atoms with Crippen LogP contribution in [0.1, 0.15) is 73.9 Å². The largest absolute Gasteiger partial charge is 0.504 e. The number of benzene rings is 2. The van der Waals surface area contributed by atoms with Crippen LogP contribution in [0.5, 0.6) is 11.5 Å². The highest BCUT2D eigenvalue weighted by molar-refractivity contribution is 5.87. The molecule has 0 aliphatic carbocycles. The SMILES string of the molecule is CCCCC[C@@H](O)CC(=O)CCc1ccc(O)c(OCN2C=C3N=CC(Cc4cccc5c4CCN[C@H]5N)=C3C2)c1. The number of phenols is 1. The highest BCUT2D eigenvalue weighted by atomic mass is 16.5. The molecule has 8 heteroatoms. The average Bonchev–Trinajstić information content (AvgIpc) is 3.54. The highest BCUT2D eigenvalue weighted by Crippen LogP contribution is 2.33. The summed E-state index contributed by atoms with van der Waals surface area (Å²) in [7, 11) is 0. The number of rotatable bonds is 14. The third-order valence-corrected chi connectivity index (χ3v) is 8.19. The summed E-state index contributed by atoms with van der Waals surface area (Å²) in [5, 5.41) is 23.8. The number of aliphatic imine (C=N–C) groups is 1. The highest BCUT2D eigenvalue weighted by Gasteiger charge is 2.26. The van der Waals surface area contributed by atoms with E-state index in [-0.39, 0.29) is 30.9 Å². The van der Waals surface area contributed by atoms with Gasteiger partial charge in [-0.1, -0.05) is 50.5 Å². The standard InChI is InChI=1S/C33H42N4O4/c1-2-3-4-7-25(38)17-26(39)11-9-22-10-12-31(40)32(15-22)41-21-37-19-29-24(18-36-30(29)20-37)16-23-6-5-8-28-27(23)13-14-35-33(28)34/h5-6,8,10,12,15,18,20,25,33,35,38,40H,2-4,7,9,11,13-14,16-17,19,21,34H2,1H3/t25-,33-/m1/s1. The van der Waals surface area contributed by atoms with Crippen LogP contribution in [0.4, 0.5) is 0 Å². The molecule has 0 spiro atoms. The van der Waals surface area contributed by atoms with Gasteiger partial charge in [-0.2, -0.15) is 0 Å². The smallest absolute Gasteiger partial charge is 0.163 e. The molecule has 218 valence electrons. The van der Waals surface area contributed by atoms with E-state index >= 15 is 0 Å². The monoisotopic (exact) mass is 558 g/mol.